The Morgan fingerprint density at radius 3 is 2.55 bits per heavy atom. The van der Waals surface area contributed by atoms with E-state index >= 15 is 0 Å². The highest BCUT2D eigenvalue weighted by Gasteiger charge is 2.14. The molecule has 0 saturated carbocycles. The molecule has 0 aliphatic rings. The molecule has 0 bridgehead atoms. The molecule has 1 aromatic heterocycles. The van der Waals surface area contributed by atoms with Crippen LogP contribution in [0.25, 0.3) is 6.08 Å². The number of allylic oxidation sites excluding steroid dienone is 2. The number of carbonyl (C=O) groups is 2. The number of benzene rings is 2. The van der Waals surface area contributed by atoms with Crippen molar-refractivity contribution in [3.63, 3.8) is 0 Å². The van der Waals surface area contributed by atoms with Gasteiger partial charge in [0, 0.05) is 10.0 Å². The van der Waals surface area contributed by atoms with Gasteiger partial charge in [-0.3, -0.25) is 9.59 Å². The Morgan fingerprint density at radius 1 is 1.00 bits per heavy atom. The van der Waals surface area contributed by atoms with Crippen LogP contribution in [0.3, 0.4) is 0 Å². The van der Waals surface area contributed by atoms with Crippen molar-refractivity contribution in [2.45, 2.75) is 6.54 Å². The summed E-state index contributed by atoms with van der Waals surface area (Å²) in [6.07, 6.45) is 6.68. The monoisotopic (exact) mass is 450 g/mol. The molecule has 0 atom stereocenters. The second-order valence-corrected chi connectivity index (χ2v) is 6.99. The molecule has 2 aromatic carbocycles. The Bertz CT molecular complexity index is 1030. The van der Waals surface area contributed by atoms with Crippen LogP contribution in [0.4, 0.5) is 0 Å². The fraction of sp³-hybridized carbons (Fsp3) is 0.0435. The number of halogens is 1. The van der Waals surface area contributed by atoms with Gasteiger partial charge in [-0.1, -0.05) is 64.5 Å². The van der Waals surface area contributed by atoms with E-state index in [4.69, 9.17) is 4.42 Å². The molecule has 2 N–H and O–H groups in total. The second-order valence-electron chi connectivity index (χ2n) is 6.08. The molecule has 6 heteroatoms. The van der Waals surface area contributed by atoms with Crippen molar-refractivity contribution in [1.29, 1.82) is 0 Å². The summed E-state index contributed by atoms with van der Waals surface area (Å²) in [5.74, 6) is -0.169. The molecular weight excluding hydrogens is 432 g/mol. The number of amides is 2. The van der Waals surface area contributed by atoms with Crippen molar-refractivity contribution in [2.75, 3.05) is 0 Å². The Hall–Kier alpha value is -3.38. The summed E-state index contributed by atoms with van der Waals surface area (Å²) in [7, 11) is 0. The zero-order chi connectivity index (χ0) is 20.5. The topological polar surface area (TPSA) is 71.3 Å². The van der Waals surface area contributed by atoms with E-state index in [-0.39, 0.29) is 18.1 Å². The predicted octanol–water partition coefficient (Wildman–Crippen LogP) is 4.69. The summed E-state index contributed by atoms with van der Waals surface area (Å²) in [5.41, 5.74) is 1.56. The third kappa shape index (κ3) is 6.33. The normalized spacial score (nSPS) is 11.4. The van der Waals surface area contributed by atoms with E-state index in [0.29, 0.717) is 11.3 Å². The average Bonchev–Trinajstić information content (AvgIpc) is 3.25. The fourth-order valence-electron chi connectivity index (χ4n) is 2.49. The molecule has 0 aliphatic heterocycles. The van der Waals surface area contributed by atoms with Gasteiger partial charge in [-0.25, -0.2) is 0 Å². The molecule has 1 heterocycles. The van der Waals surface area contributed by atoms with E-state index in [1.807, 2.05) is 42.5 Å². The van der Waals surface area contributed by atoms with Gasteiger partial charge in [0.25, 0.3) is 11.8 Å². The molecular formula is C23H19BrN2O3. The summed E-state index contributed by atoms with van der Waals surface area (Å²) in [6.45, 7) is 0.221. The molecule has 5 nitrogen and oxygen atoms in total. The number of carbonyl (C=O) groups excluding carboxylic acids is 2. The first-order chi connectivity index (χ1) is 14.1. The molecule has 29 heavy (non-hydrogen) atoms. The van der Waals surface area contributed by atoms with Crippen molar-refractivity contribution >= 4 is 33.8 Å². The predicted molar refractivity (Wildman–Crippen MR) is 116 cm³/mol. The molecule has 3 rings (SSSR count). The van der Waals surface area contributed by atoms with Crippen LogP contribution in [0, 0.1) is 0 Å². The van der Waals surface area contributed by atoms with Crippen LogP contribution in [0.1, 0.15) is 21.7 Å². The van der Waals surface area contributed by atoms with Gasteiger partial charge in [-0.2, -0.15) is 0 Å². The standard InChI is InChI=1S/C23H19BrN2O3/c24-19-11-5-10-18(15-19)22(27)26-21(13-4-9-17-7-2-1-3-8-17)23(28)25-16-20-12-6-14-29-20/h1-15H,16H2,(H,25,28)(H,26,27). The van der Waals surface area contributed by atoms with Crippen LogP contribution in [0.2, 0.25) is 0 Å². The highest BCUT2D eigenvalue weighted by Crippen LogP contribution is 2.12. The summed E-state index contributed by atoms with van der Waals surface area (Å²) < 4.78 is 6.01. The highest BCUT2D eigenvalue weighted by molar-refractivity contribution is 9.10. The summed E-state index contributed by atoms with van der Waals surface area (Å²) in [6, 6.07) is 20.1. The minimum absolute atomic E-state index is 0.133. The summed E-state index contributed by atoms with van der Waals surface area (Å²) in [4.78, 5) is 25.2. The zero-order valence-electron chi connectivity index (χ0n) is 15.5. The lowest BCUT2D eigenvalue weighted by atomic mass is 10.2. The lowest BCUT2D eigenvalue weighted by Crippen LogP contribution is -2.34. The quantitative estimate of drug-likeness (QED) is 0.405. The Kier molecular flexibility index (Phi) is 7.19. The van der Waals surface area contributed by atoms with Crippen molar-refractivity contribution in [1.82, 2.24) is 10.6 Å². The summed E-state index contributed by atoms with van der Waals surface area (Å²) in [5, 5.41) is 5.43. The Balaban J connectivity index is 1.76. The Labute approximate surface area is 177 Å². The van der Waals surface area contributed by atoms with E-state index in [1.165, 1.54) is 6.26 Å². The molecule has 0 radical (unpaired) electrons. The van der Waals surface area contributed by atoms with Crippen LogP contribution in [0.5, 0.6) is 0 Å². The van der Waals surface area contributed by atoms with Gasteiger partial charge in [-0.05, 0) is 42.0 Å². The van der Waals surface area contributed by atoms with Crippen LogP contribution in [0.15, 0.2) is 99.7 Å². The molecule has 0 aliphatic carbocycles. The second kappa shape index (κ2) is 10.2. The maximum atomic E-state index is 12.6. The van der Waals surface area contributed by atoms with Crippen LogP contribution < -0.4 is 10.6 Å². The van der Waals surface area contributed by atoms with E-state index in [1.54, 1.807) is 42.5 Å². The molecule has 146 valence electrons. The van der Waals surface area contributed by atoms with Crippen molar-refractivity contribution in [2.24, 2.45) is 0 Å². The SMILES string of the molecule is O=C(NCc1ccco1)C(=CC=Cc1ccccc1)NC(=O)c1cccc(Br)c1. The van der Waals surface area contributed by atoms with E-state index in [9.17, 15) is 9.59 Å². The minimum Gasteiger partial charge on any atom is -0.467 e. The van der Waals surface area contributed by atoms with Gasteiger partial charge < -0.3 is 15.1 Å². The lowest BCUT2D eigenvalue weighted by molar-refractivity contribution is -0.118. The zero-order valence-corrected chi connectivity index (χ0v) is 17.1. The van der Waals surface area contributed by atoms with Crippen LogP contribution >= 0.6 is 15.9 Å². The first kappa shape index (κ1) is 20.4. The van der Waals surface area contributed by atoms with Gasteiger partial charge in [0.05, 0.1) is 12.8 Å². The number of rotatable bonds is 7. The lowest BCUT2D eigenvalue weighted by Gasteiger charge is -2.10. The van der Waals surface area contributed by atoms with Crippen molar-refractivity contribution in [3.8, 4) is 0 Å². The van der Waals surface area contributed by atoms with Gasteiger partial charge in [0.1, 0.15) is 11.5 Å². The number of hydrogen-bond donors (Lipinski definition) is 2. The molecule has 3 aromatic rings. The molecule has 0 spiro atoms. The molecule has 2 amide bonds. The Morgan fingerprint density at radius 2 is 1.83 bits per heavy atom. The third-order valence-corrected chi connectivity index (χ3v) is 4.43. The van der Waals surface area contributed by atoms with E-state index in [2.05, 4.69) is 26.6 Å². The number of nitrogens with one attached hydrogen (secondary N) is 2. The smallest absolute Gasteiger partial charge is 0.268 e. The maximum absolute atomic E-state index is 12.6. The van der Waals surface area contributed by atoms with Crippen LogP contribution in [-0.2, 0) is 11.3 Å². The molecule has 0 unspecified atom stereocenters. The maximum Gasteiger partial charge on any atom is 0.268 e. The van der Waals surface area contributed by atoms with Crippen molar-refractivity contribution < 1.29 is 14.0 Å². The molecule has 0 saturated heterocycles. The first-order valence-corrected chi connectivity index (χ1v) is 9.72. The van der Waals surface area contributed by atoms with Gasteiger partial charge >= 0.3 is 0 Å². The molecule has 0 fully saturated rings. The number of hydrogen-bond acceptors (Lipinski definition) is 3. The van der Waals surface area contributed by atoms with E-state index < -0.39 is 5.91 Å². The van der Waals surface area contributed by atoms with Gasteiger partial charge in [0.2, 0.25) is 0 Å². The number of furan rings is 1. The fourth-order valence-corrected chi connectivity index (χ4v) is 2.89. The largest absolute Gasteiger partial charge is 0.467 e. The summed E-state index contributed by atoms with van der Waals surface area (Å²) >= 11 is 3.34. The van der Waals surface area contributed by atoms with Gasteiger partial charge in [-0.15, -0.1) is 0 Å². The highest BCUT2D eigenvalue weighted by atomic mass is 79.9. The van der Waals surface area contributed by atoms with Crippen LogP contribution in [-0.4, -0.2) is 11.8 Å². The first-order valence-electron chi connectivity index (χ1n) is 8.93. The minimum atomic E-state index is -0.414. The van der Waals surface area contributed by atoms with Gasteiger partial charge in [0.15, 0.2) is 0 Å². The average molecular weight is 451 g/mol. The van der Waals surface area contributed by atoms with Crippen molar-refractivity contribution in [3.05, 3.63) is 112 Å². The third-order valence-electron chi connectivity index (χ3n) is 3.93. The van der Waals surface area contributed by atoms with E-state index in [0.717, 1.165) is 10.0 Å².